The molecule has 0 aliphatic carbocycles. The predicted octanol–water partition coefficient (Wildman–Crippen LogP) is 2.28. The highest BCUT2D eigenvalue weighted by Gasteiger charge is 2.19. The Balaban J connectivity index is 2.66. The zero-order valence-corrected chi connectivity index (χ0v) is 14.6. The summed E-state index contributed by atoms with van der Waals surface area (Å²) in [7, 11) is -3.42. The Morgan fingerprint density at radius 3 is 2.22 bits per heavy atom. The van der Waals surface area contributed by atoms with Crippen molar-refractivity contribution in [3.63, 3.8) is 0 Å². The van der Waals surface area contributed by atoms with Crippen molar-refractivity contribution in [2.75, 3.05) is 24.7 Å². The highest BCUT2D eigenvalue weighted by atomic mass is 32.2. The molecule has 1 amide bonds. The molecule has 0 radical (unpaired) electrons. The van der Waals surface area contributed by atoms with E-state index in [-0.39, 0.29) is 12.3 Å². The predicted molar refractivity (Wildman–Crippen MR) is 91.0 cm³/mol. The molecule has 0 heterocycles. The van der Waals surface area contributed by atoms with E-state index < -0.39 is 15.9 Å². The van der Waals surface area contributed by atoms with Crippen molar-refractivity contribution in [2.45, 2.75) is 33.1 Å². The zero-order valence-electron chi connectivity index (χ0n) is 13.8. The van der Waals surface area contributed by atoms with Crippen molar-refractivity contribution < 1.29 is 18.0 Å². The molecule has 1 aromatic rings. The van der Waals surface area contributed by atoms with Gasteiger partial charge >= 0.3 is 0 Å². The molecular formula is C16H24N2O4S. The normalized spacial score (nSPS) is 11.5. The summed E-state index contributed by atoms with van der Waals surface area (Å²) in [5.74, 6) is -0.454. The van der Waals surface area contributed by atoms with Gasteiger partial charge in [-0.05, 0) is 37.6 Å². The average Bonchev–Trinajstić information content (AvgIpc) is 2.46. The van der Waals surface area contributed by atoms with Crippen LogP contribution in [0.2, 0.25) is 0 Å². The van der Waals surface area contributed by atoms with Crippen LogP contribution in [0.15, 0.2) is 24.3 Å². The number of amides is 1. The first kappa shape index (κ1) is 19.3. The fourth-order valence-corrected chi connectivity index (χ4v) is 2.86. The van der Waals surface area contributed by atoms with Gasteiger partial charge in [-0.2, -0.15) is 4.31 Å². The van der Waals surface area contributed by atoms with Gasteiger partial charge in [-0.3, -0.25) is 9.59 Å². The Morgan fingerprint density at radius 1 is 1.13 bits per heavy atom. The van der Waals surface area contributed by atoms with Crippen LogP contribution in [-0.4, -0.2) is 43.8 Å². The highest BCUT2D eigenvalue weighted by molar-refractivity contribution is 7.88. The molecule has 7 heteroatoms. The molecule has 0 unspecified atom stereocenters. The van der Waals surface area contributed by atoms with Crippen molar-refractivity contribution in [3.8, 4) is 0 Å². The van der Waals surface area contributed by atoms with Crippen LogP contribution in [0.4, 0.5) is 5.69 Å². The van der Waals surface area contributed by atoms with E-state index in [4.69, 9.17) is 0 Å². The van der Waals surface area contributed by atoms with Gasteiger partial charge in [0.2, 0.25) is 15.9 Å². The van der Waals surface area contributed by atoms with Crippen LogP contribution in [0.3, 0.4) is 0 Å². The molecule has 6 nitrogen and oxygen atoms in total. The van der Waals surface area contributed by atoms with Crippen LogP contribution in [0, 0.1) is 0 Å². The first-order valence-corrected chi connectivity index (χ1v) is 9.45. The summed E-state index contributed by atoms with van der Waals surface area (Å²) in [6, 6.07) is 6.48. The molecule has 1 N–H and O–H groups in total. The Labute approximate surface area is 137 Å². The summed E-state index contributed by atoms with van der Waals surface area (Å²) in [6.07, 6.45) is 3.73. The van der Waals surface area contributed by atoms with Crippen LogP contribution in [-0.2, 0) is 14.8 Å². The molecule has 0 saturated carbocycles. The number of rotatable bonds is 9. The number of hydrogen-bond acceptors (Lipinski definition) is 4. The molecule has 0 saturated heterocycles. The molecule has 0 aliphatic heterocycles. The van der Waals surface area contributed by atoms with E-state index in [9.17, 15) is 18.0 Å². The van der Waals surface area contributed by atoms with E-state index >= 15 is 0 Å². The van der Waals surface area contributed by atoms with Gasteiger partial charge in [-0.1, -0.05) is 19.8 Å². The number of anilines is 1. The summed E-state index contributed by atoms with van der Waals surface area (Å²) in [5, 5.41) is 2.64. The van der Waals surface area contributed by atoms with Crippen molar-refractivity contribution in [2.24, 2.45) is 0 Å². The monoisotopic (exact) mass is 340 g/mol. The van der Waals surface area contributed by atoms with Gasteiger partial charge in [-0.25, -0.2) is 8.42 Å². The number of ketones is 1. The third-order valence-corrected chi connectivity index (χ3v) is 4.62. The van der Waals surface area contributed by atoms with Crippen LogP contribution < -0.4 is 5.32 Å². The maximum absolute atomic E-state index is 12.0. The van der Waals surface area contributed by atoms with E-state index in [2.05, 4.69) is 5.32 Å². The van der Waals surface area contributed by atoms with Crippen molar-refractivity contribution >= 4 is 27.4 Å². The van der Waals surface area contributed by atoms with E-state index in [0.29, 0.717) is 17.8 Å². The third-order valence-electron chi connectivity index (χ3n) is 3.38. The Hall–Kier alpha value is -1.73. The minimum atomic E-state index is -3.42. The van der Waals surface area contributed by atoms with E-state index in [1.54, 1.807) is 24.3 Å². The average molecular weight is 340 g/mol. The van der Waals surface area contributed by atoms with E-state index in [0.717, 1.165) is 25.5 Å². The lowest BCUT2D eigenvalue weighted by molar-refractivity contribution is -0.116. The summed E-state index contributed by atoms with van der Waals surface area (Å²) >= 11 is 0. The number of hydrogen-bond donors (Lipinski definition) is 1. The highest BCUT2D eigenvalue weighted by Crippen LogP contribution is 2.11. The van der Waals surface area contributed by atoms with E-state index in [1.807, 2.05) is 6.92 Å². The van der Waals surface area contributed by atoms with E-state index in [1.165, 1.54) is 11.2 Å². The number of Topliss-reactive ketones (excluding diaryl/α,β-unsaturated/α-hetero) is 1. The number of carbonyl (C=O) groups excluding carboxylic acids is 2. The molecule has 128 valence electrons. The number of benzene rings is 1. The summed E-state index contributed by atoms with van der Waals surface area (Å²) < 4.78 is 24.7. The molecule has 23 heavy (non-hydrogen) atoms. The number of unbranched alkanes of at least 4 members (excludes halogenated alkanes) is 2. The maximum atomic E-state index is 12.0. The molecule has 1 rings (SSSR count). The third kappa shape index (κ3) is 6.92. The fraction of sp³-hybridized carbons (Fsp3) is 0.500. The first-order chi connectivity index (χ1) is 10.7. The Bertz CT molecular complexity index is 639. The topological polar surface area (TPSA) is 83.6 Å². The van der Waals surface area contributed by atoms with Gasteiger partial charge in [-0.15, -0.1) is 0 Å². The lowest BCUT2D eigenvalue weighted by atomic mass is 10.1. The number of carbonyl (C=O) groups is 2. The standard InChI is InChI=1S/C16H24N2O4S/c1-4-5-6-11-18(23(3,21)22)12-16(20)17-15-9-7-14(8-10-15)13(2)19/h7-10H,4-6,11-12H2,1-3H3,(H,17,20). The lowest BCUT2D eigenvalue weighted by Crippen LogP contribution is -2.38. The van der Waals surface area contributed by atoms with Gasteiger partial charge < -0.3 is 5.32 Å². The molecule has 1 aromatic carbocycles. The molecule has 0 bridgehead atoms. The van der Waals surface area contributed by atoms with Crippen LogP contribution in [0.1, 0.15) is 43.5 Å². The molecule has 0 aromatic heterocycles. The molecule has 0 atom stereocenters. The second-order valence-electron chi connectivity index (χ2n) is 5.49. The Kier molecular flexibility index (Phi) is 7.38. The maximum Gasteiger partial charge on any atom is 0.239 e. The van der Waals surface area contributed by atoms with Crippen LogP contribution in [0.25, 0.3) is 0 Å². The minimum absolute atomic E-state index is 0.0537. The lowest BCUT2D eigenvalue weighted by Gasteiger charge is -2.19. The van der Waals surface area contributed by atoms with Crippen LogP contribution in [0.5, 0.6) is 0 Å². The molecule has 0 fully saturated rings. The number of nitrogens with zero attached hydrogens (tertiary/aromatic N) is 1. The number of sulfonamides is 1. The smallest absolute Gasteiger partial charge is 0.239 e. The quantitative estimate of drug-likeness (QED) is 0.552. The van der Waals surface area contributed by atoms with Gasteiger partial charge in [0.1, 0.15) is 0 Å². The Morgan fingerprint density at radius 2 is 1.74 bits per heavy atom. The molecule has 0 aliphatic rings. The van der Waals surface area contributed by atoms with Crippen molar-refractivity contribution in [1.29, 1.82) is 0 Å². The van der Waals surface area contributed by atoms with Crippen molar-refractivity contribution in [3.05, 3.63) is 29.8 Å². The van der Waals surface area contributed by atoms with Crippen molar-refractivity contribution in [1.82, 2.24) is 4.31 Å². The van der Waals surface area contributed by atoms with Gasteiger partial charge in [0.05, 0.1) is 12.8 Å². The summed E-state index contributed by atoms with van der Waals surface area (Å²) in [5.41, 5.74) is 1.09. The van der Waals surface area contributed by atoms with Crippen LogP contribution >= 0.6 is 0 Å². The van der Waals surface area contributed by atoms with Gasteiger partial charge in [0.15, 0.2) is 5.78 Å². The SMILES string of the molecule is CCCCCN(CC(=O)Nc1ccc(C(C)=O)cc1)S(C)(=O)=O. The zero-order chi connectivity index (χ0) is 17.5. The summed E-state index contributed by atoms with van der Waals surface area (Å²) in [6.45, 7) is 3.62. The number of nitrogens with one attached hydrogen (secondary N) is 1. The first-order valence-electron chi connectivity index (χ1n) is 7.60. The summed E-state index contributed by atoms with van der Waals surface area (Å²) in [4.78, 5) is 23.2. The minimum Gasteiger partial charge on any atom is -0.325 e. The van der Waals surface area contributed by atoms with Gasteiger partial charge in [0, 0.05) is 17.8 Å². The molecular weight excluding hydrogens is 316 g/mol. The largest absolute Gasteiger partial charge is 0.325 e. The second-order valence-corrected chi connectivity index (χ2v) is 7.47. The second kappa shape index (κ2) is 8.79. The fourth-order valence-electron chi connectivity index (χ4n) is 2.05. The molecule has 0 spiro atoms. The van der Waals surface area contributed by atoms with Gasteiger partial charge in [0.25, 0.3) is 0 Å².